The van der Waals surface area contributed by atoms with Gasteiger partial charge in [0.15, 0.2) is 0 Å². The van der Waals surface area contributed by atoms with E-state index in [1.54, 1.807) is 6.33 Å². The molecule has 5 heteroatoms. The van der Waals surface area contributed by atoms with Gasteiger partial charge >= 0.3 is 0 Å². The maximum atomic E-state index is 8.85. The molecule has 0 saturated heterocycles. The highest BCUT2D eigenvalue weighted by molar-refractivity contribution is 7.09. The standard InChI is InChI=1S/C8H15N3OS/c1-2-3-4-11(5-6-12)8-9-7-10-13-8/h7,12H,2-6H2,1H3. The van der Waals surface area contributed by atoms with Crippen LogP contribution in [0.25, 0.3) is 0 Å². The van der Waals surface area contributed by atoms with Gasteiger partial charge in [0.05, 0.1) is 6.61 Å². The summed E-state index contributed by atoms with van der Waals surface area (Å²) in [6.07, 6.45) is 3.83. The van der Waals surface area contributed by atoms with E-state index in [0.717, 1.165) is 24.5 Å². The Morgan fingerprint density at radius 3 is 2.92 bits per heavy atom. The number of hydrogen-bond acceptors (Lipinski definition) is 5. The minimum atomic E-state index is 0.170. The summed E-state index contributed by atoms with van der Waals surface area (Å²) in [7, 11) is 0. The van der Waals surface area contributed by atoms with Crippen LogP contribution in [-0.4, -0.2) is 34.2 Å². The molecule has 0 amide bonds. The summed E-state index contributed by atoms with van der Waals surface area (Å²) in [5, 5.41) is 9.75. The first-order valence-electron chi connectivity index (χ1n) is 4.51. The van der Waals surface area contributed by atoms with Crippen LogP contribution < -0.4 is 4.90 Å². The van der Waals surface area contributed by atoms with Crippen molar-refractivity contribution in [3.8, 4) is 0 Å². The molecule has 1 heterocycles. The second kappa shape index (κ2) is 5.88. The third-order valence-corrected chi connectivity index (χ3v) is 2.50. The zero-order chi connectivity index (χ0) is 9.52. The highest BCUT2D eigenvalue weighted by Crippen LogP contribution is 2.14. The summed E-state index contributed by atoms with van der Waals surface area (Å²) in [5.41, 5.74) is 0. The number of anilines is 1. The molecule has 0 radical (unpaired) electrons. The van der Waals surface area contributed by atoms with E-state index >= 15 is 0 Å². The van der Waals surface area contributed by atoms with Gasteiger partial charge in [0.1, 0.15) is 6.33 Å². The molecule has 1 N–H and O–H groups in total. The SMILES string of the molecule is CCCCN(CCO)c1ncns1. The molecule has 0 spiro atoms. The fraction of sp³-hybridized carbons (Fsp3) is 0.750. The number of aromatic nitrogens is 2. The van der Waals surface area contributed by atoms with Crippen molar-refractivity contribution in [1.29, 1.82) is 0 Å². The lowest BCUT2D eigenvalue weighted by Gasteiger charge is -2.19. The van der Waals surface area contributed by atoms with Gasteiger partial charge in [-0.15, -0.1) is 0 Å². The summed E-state index contributed by atoms with van der Waals surface area (Å²) >= 11 is 1.38. The number of hydrogen-bond donors (Lipinski definition) is 1. The third-order valence-electron chi connectivity index (χ3n) is 1.77. The number of aliphatic hydroxyl groups excluding tert-OH is 1. The lowest BCUT2D eigenvalue weighted by molar-refractivity contribution is 0.301. The Morgan fingerprint density at radius 1 is 1.54 bits per heavy atom. The topological polar surface area (TPSA) is 49.2 Å². The molecular formula is C8H15N3OS. The van der Waals surface area contributed by atoms with Gasteiger partial charge in [-0.25, -0.2) is 4.98 Å². The van der Waals surface area contributed by atoms with Gasteiger partial charge in [-0.2, -0.15) is 4.37 Å². The van der Waals surface area contributed by atoms with Crippen molar-refractivity contribution in [3.63, 3.8) is 0 Å². The normalized spacial score (nSPS) is 10.3. The van der Waals surface area contributed by atoms with Crippen molar-refractivity contribution in [2.24, 2.45) is 0 Å². The molecule has 0 atom stereocenters. The van der Waals surface area contributed by atoms with Crippen LogP contribution in [0.1, 0.15) is 19.8 Å². The first-order valence-corrected chi connectivity index (χ1v) is 5.28. The van der Waals surface area contributed by atoms with Crippen LogP contribution in [0.5, 0.6) is 0 Å². The van der Waals surface area contributed by atoms with Gasteiger partial charge in [-0.1, -0.05) is 13.3 Å². The van der Waals surface area contributed by atoms with Crippen molar-refractivity contribution in [1.82, 2.24) is 9.36 Å². The second-order valence-electron chi connectivity index (χ2n) is 2.79. The summed E-state index contributed by atoms with van der Waals surface area (Å²) in [4.78, 5) is 6.18. The molecule has 0 saturated carbocycles. The van der Waals surface area contributed by atoms with Crippen LogP contribution in [-0.2, 0) is 0 Å². The average Bonchev–Trinajstić information content (AvgIpc) is 2.65. The summed E-state index contributed by atoms with van der Waals surface area (Å²) in [6.45, 7) is 3.92. The maximum Gasteiger partial charge on any atom is 0.204 e. The van der Waals surface area contributed by atoms with Gasteiger partial charge in [0.2, 0.25) is 5.13 Å². The predicted molar refractivity (Wildman–Crippen MR) is 54.1 cm³/mol. The lowest BCUT2D eigenvalue weighted by Crippen LogP contribution is -2.27. The van der Waals surface area contributed by atoms with E-state index in [-0.39, 0.29) is 6.61 Å². The van der Waals surface area contributed by atoms with Gasteiger partial charge in [-0.05, 0) is 6.42 Å². The second-order valence-corrected chi connectivity index (χ2v) is 3.55. The Labute approximate surface area is 82.4 Å². The van der Waals surface area contributed by atoms with E-state index in [9.17, 15) is 0 Å². The molecule has 0 bridgehead atoms. The van der Waals surface area contributed by atoms with Crippen molar-refractivity contribution in [3.05, 3.63) is 6.33 Å². The van der Waals surface area contributed by atoms with Crippen LogP contribution in [0.15, 0.2) is 6.33 Å². The Bertz CT molecular complexity index is 215. The summed E-state index contributed by atoms with van der Waals surface area (Å²) < 4.78 is 3.94. The molecule has 13 heavy (non-hydrogen) atoms. The van der Waals surface area contributed by atoms with Crippen molar-refractivity contribution < 1.29 is 5.11 Å². The largest absolute Gasteiger partial charge is 0.395 e. The zero-order valence-corrected chi connectivity index (χ0v) is 8.63. The average molecular weight is 201 g/mol. The molecule has 1 aromatic rings. The Morgan fingerprint density at radius 2 is 2.38 bits per heavy atom. The molecule has 0 fully saturated rings. The van der Waals surface area contributed by atoms with E-state index < -0.39 is 0 Å². The van der Waals surface area contributed by atoms with Crippen LogP contribution >= 0.6 is 11.5 Å². The molecule has 0 aliphatic rings. The molecule has 0 aliphatic heterocycles. The third kappa shape index (κ3) is 3.28. The highest BCUT2D eigenvalue weighted by atomic mass is 32.1. The minimum absolute atomic E-state index is 0.170. The maximum absolute atomic E-state index is 8.85. The first kappa shape index (κ1) is 10.4. The fourth-order valence-electron chi connectivity index (χ4n) is 1.08. The molecule has 4 nitrogen and oxygen atoms in total. The number of unbranched alkanes of at least 4 members (excludes halogenated alkanes) is 1. The molecule has 74 valence electrons. The summed E-state index contributed by atoms with van der Waals surface area (Å²) in [6, 6.07) is 0. The van der Waals surface area contributed by atoms with E-state index in [0.29, 0.717) is 6.54 Å². The van der Waals surface area contributed by atoms with Crippen LogP contribution in [0.3, 0.4) is 0 Å². The Balaban J connectivity index is 2.47. The van der Waals surface area contributed by atoms with Crippen LogP contribution in [0.2, 0.25) is 0 Å². The molecule has 0 unspecified atom stereocenters. The van der Waals surface area contributed by atoms with E-state index in [4.69, 9.17) is 5.11 Å². The van der Waals surface area contributed by atoms with E-state index in [2.05, 4.69) is 21.2 Å². The van der Waals surface area contributed by atoms with Crippen molar-refractivity contribution in [2.75, 3.05) is 24.6 Å². The molecule has 0 aromatic carbocycles. The Hall–Kier alpha value is -0.680. The smallest absolute Gasteiger partial charge is 0.204 e. The van der Waals surface area contributed by atoms with Crippen LogP contribution in [0, 0.1) is 0 Å². The predicted octanol–water partition coefficient (Wildman–Crippen LogP) is 1.14. The summed E-state index contributed by atoms with van der Waals surface area (Å²) in [5.74, 6) is 0. The number of aliphatic hydroxyl groups is 1. The minimum Gasteiger partial charge on any atom is -0.395 e. The molecule has 1 rings (SSSR count). The monoisotopic (exact) mass is 201 g/mol. The van der Waals surface area contributed by atoms with Crippen molar-refractivity contribution >= 4 is 16.7 Å². The van der Waals surface area contributed by atoms with Crippen molar-refractivity contribution in [2.45, 2.75) is 19.8 Å². The van der Waals surface area contributed by atoms with E-state index in [1.807, 2.05) is 0 Å². The number of rotatable bonds is 6. The van der Waals surface area contributed by atoms with Crippen LogP contribution in [0.4, 0.5) is 5.13 Å². The first-order chi connectivity index (χ1) is 6.38. The quantitative estimate of drug-likeness (QED) is 0.749. The van der Waals surface area contributed by atoms with Gasteiger partial charge in [-0.3, -0.25) is 0 Å². The van der Waals surface area contributed by atoms with Gasteiger partial charge < -0.3 is 10.0 Å². The molecule has 0 aliphatic carbocycles. The Kier molecular flexibility index (Phi) is 4.70. The fourth-order valence-corrected chi connectivity index (χ4v) is 1.66. The highest BCUT2D eigenvalue weighted by Gasteiger charge is 2.07. The van der Waals surface area contributed by atoms with Gasteiger partial charge in [0.25, 0.3) is 0 Å². The molecular weight excluding hydrogens is 186 g/mol. The van der Waals surface area contributed by atoms with E-state index in [1.165, 1.54) is 11.5 Å². The lowest BCUT2D eigenvalue weighted by atomic mass is 10.3. The van der Waals surface area contributed by atoms with Gasteiger partial charge in [0, 0.05) is 24.6 Å². The molecule has 1 aromatic heterocycles. The zero-order valence-electron chi connectivity index (χ0n) is 7.81. The number of nitrogens with zero attached hydrogens (tertiary/aromatic N) is 3.